The number of aryl methyl sites for hydroxylation is 1. The maximum Gasteiger partial charge on any atom is 0.123 e. The van der Waals surface area contributed by atoms with E-state index in [1.807, 2.05) is 33.8 Å². The lowest BCUT2D eigenvalue weighted by Crippen LogP contribution is -2.07. The normalized spacial score (nSPS) is 11.3. The van der Waals surface area contributed by atoms with E-state index in [1.165, 1.54) is 10.9 Å². The van der Waals surface area contributed by atoms with E-state index >= 15 is 0 Å². The van der Waals surface area contributed by atoms with Crippen molar-refractivity contribution in [3.05, 3.63) is 35.9 Å². The first-order valence-electron chi connectivity index (χ1n) is 6.83. The van der Waals surface area contributed by atoms with Crippen molar-refractivity contribution >= 4 is 10.8 Å². The lowest BCUT2D eigenvalue weighted by molar-refractivity contribution is 0.241. The highest BCUT2D eigenvalue weighted by Gasteiger charge is 2.06. The van der Waals surface area contributed by atoms with Crippen molar-refractivity contribution in [3.8, 4) is 11.5 Å². The summed E-state index contributed by atoms with van der Waals surface area (Å²) in [7, 11) is 0. The van der Waals surface area contributed by atoms with Crippen LogP contribution in [0, 0.1) is 6.92 Å². The van der Waals surface area contributed by atoms with Crippen molar-refractivity contribution in [1.29, 1.82) is 0 Å². The zero-order valence-corrected chi connectivity index (χ0v) is 12.4. The molecule has 102 valence electrons. The molecule has 0 aliphatic carbocycles. The van der Waals surface area contributed by atoms with Gasteiger partial charge in [0.15, 0.2) is 0 Å². The van der Waals surface area contributed by atoms with Gasteiger partial charge in [-0.25, -0.2) is 0 Å². The van der Waals surface area contributed by atoms with Crippen molar-refractivity contribution in [2.24, 2.45) is 0 Å². The van der Waals surface area contributed by atoms with Gasteiger partial charge in [0.2, 0.25) is 0 Å². The molecule has 2 aromatic carbocycles. The van der Waals surface area contributed by atoms with Crippen LogP contribution in [0.2, 0.25) is 0 Å². The van der Waals surface area contributed by atoms with Crippen LogP contribution < -0.4 is 9.47 Å². The average Bonchev–Trinajstić information content (AvgIpc) is 2.29. The Bertz CT molecular complexity index is 571. The first kappa shape index (κ1) is 13.7. The van der Waals surface area contributed by atoms with E-state index in [2.05, 4.69) is 31.2 Å². The van der Waals surface area contributed by atoms with Gasteiger partial charge in [0, 0.05) is 0 Å². The van der Waals surface area contributed by atoms with E-state index < -0.39 is 0 Å². The standard InChI is InChI=1S/C17H22O2/c1-11(2)18-16-7-6-14-8-13(5)17(19-12(3)4)10-15(14)9-16/h6-12H,1-5H3. The van der Waals surface area contributed by atoms with Crippen molar-refractivity contribution in [2.75, 3.05) is 0 Å². The van der Waals surface area contributed by atoms with Crippen LogP contribution >= 0.6 is 0 Å². The topological polar surface area (TPSA) is 18.5 Å². The van der Waals surface area contributed by atoms with E-state index in [0.717, 1.165) is 16.9 Å². The number of hydrogen-bond acceptors (Lipinski definition) is 2. The molecule has 0 saturated carbocycles. The van der Waals surface area contributed by atoms with Gasteiger partial charge in [-0.3, -0.25) is 0 Å². The first-order valence-corrected chi connectivity index (χ1v) is 6.83. The van der Waals surface area contributed by atoms with Gasteiger partial charge in [0.05, 0.1) is 12.2 Å². The molecule has 0 bridgehead atoms. The summed E-state index contributed by atoms with van der Waals surface area (Å²) in [6, 6.07) is 10.4. The fourth-order valence-corrected chi connectivity index (χ4v) is 2.10. The predicted octanol–water partition coefficient (Wildman–Crippen LogP) is 4.72. The minimum atomic E-state index is 0.186. The SMILES string of the molecule is Cc1cc2ccc(OC(C)C)cc2cc1OC(C)C. The molecule has 0 amide bonds. The second-order valence-corrected chi connectivity index (χ2v) is 5.46. The maximum atomic E-state index is 5.83. The number of fused-ring (bicyclic) bond motifs is 1. The molecule has 0 aliphatic heterocycles. The Balaban J connectivity index is 2.42. The summed E-state index contributed by atoms with van der Waals surface area (Å²) in [5.74, 6) is 1.85. The Morgan fingerprint density at radius 3 is 2.11 bits per heavy atom. The summed E-state index contributed by atoms with van der Waals surface area (Å²) in [5, 5.41) is 2.36. The van der Waals surface area contributed by atoms with Gasteiger partial charge in [-0.15, -0.1) is 0 Å². The molecule has 2 nitrogen and oxygen atoms in total. The number of ether oxygens (including phenoxy) is 2. The molecule has 0 fully saturated rings. The second kappa shape index (κ2) is 5.52. The Hall–Kier alpha value is -1.70. The predicted molar refractivity (Wildman–Crippen MR) is 80.2 cm³/mol. The highest BCUT2D eigenvalue weighted by atomic mass is 16.5. The van der Waals surface area contributed by atoms with Crippen LogP contribution in [-0.4, -0.2) is 12.2 Å². The summed E-state index contributed by atoms with van der Waals surface area (Å²) < 4.78 is 11.6. The van der Waals surface area contributed by atoms with Crippen LogP contribution in [0.4, 0.5) is 0 Å². The van der Waals surface area contributed by atoms with Gasteiger partial charge < -0.3 is 9.47 Å². The summed E-state index contributed by atoms with van der Waals surface area (Å²) >= 11 is 0. The van der Waals surface area contributed by atoms with E-state index in [-0.39, 0.29) is 12.2 Å². The molecule has 2 heteroatoms. The number of benzene rings is 2. The van der Waals surface area contributed by atoms with Gasteiger partial charge in [-0.05, 0) is 75.2 Å². The highest BCUT2D eigenvalue weighted by molar-refractivity contribution is 5.86. The molecule has 0 atom stereocenters. The van der Waals surface area contributed by atoms with Crippen molar-refractivity contribution in [2.45, 2.75) is 46.8 Å². The molecule has 2 rings (SSSR count). The molecule has 0 aromatic heterocycles. The third-order valence-corrected chi connectivity index (χ3v) is 2.84. The molecule has 0 spiro atoms. The van der Waals surface area contributed by atoms with E-state index in [4.69, 9.17) is 9.47 Å². The number of hydrogen-bond donors (Lipinski definition) is 0. The van der Waals surface area contributed by atoms with Gasteiger partial charge in [0.1, 0.15) is 11.5 Å². The van der Waals surface area contributed by atoms with Crippen molar-refractivity contribution in [1.82, 2.24) is 0 Å². The van der Waals surface area contributed by atoms with Crippen LogP contribution in [0.5, 0.6) is 11.5 Å². The Morgan fingerprint density at radius 2 is 1.47 bits per heavy atom. The van der Waals surface area contributed by atoms with Crippen molar-refractivity contribution < 1.29 is 9.47 Å². The molecule has 2 aromatic rings. The van der Waals surface area contributed by atoms with Gasteiger partial charge in [-0.1, -0.05) is 6.07 Å². The quantitative estimate of drug-likeness (QED) is 0.789. The van der Waals surface area contributed by atoms with E-state index in [0.29, 0.717) is 0 Å². The van der Waals surface area contributed by atoms with Crippen molar-refractivity contribution in [3.63, 3.8) is 0 Å². The monoisotopic (exact) mass is 258 g/mol. The molecule has 0 N–H and O–H groups in total. The molecular weight excluding hydrogens is 236 g/mol. The molecule has 19 heavy (non-hydrogen) atoms. The third kappa shape index (κ3) is 3.40. The molecule has 0 radical (unpaired) electrons. The number of rotatable bonds is 4. The van der Waals surface area contributed by atoms with Crippen LogP contribution in [0.1, 0.15) is 33.3 Å². The fraction of sp³-hybridized carbons (Fsp3) is 0.412. The lowest BCUT2D eigenvalue weighted by Gasteiger charge is -2.14. The molecule has 0 unspecified atom stereocenters. The van der Waals surface area contributed by atoms with Gasteiger partial charge in [0.25, 0.3) is 0 Å². The Morgan fingerprint density at radius 1 is 0.789 bits per heavy atom. The zero-order valence-electron chi connectivity index (χ0n) is 12.4. The summed E-state index contributed by atoms with van der Waals surface area (Å²) in [4.78, 5) is 0. The minimum absolute atomic E-state index is 0.186. The Labute approximate surface area is 115 Å². The largest absolute Gasteiger partial charge is 0.491 e. The van der Waals surface area contributed by atoms with Crippen LogP contribution in [0.25, 0.3) is 10.8 Å². The summed E-state index contributed by atoms with van der Waals surface area (Å²) in [6.45, 7) is 10.2. The summed E-state index contributed by atoms with van der Waals surface area (Å²) in [5.41, 5.74) is 1.17. The zero-order chi connectivity index (χ0) is 14.0. The molecule has 0 saturated heterocycles. The van der Waals surface area contributed by atoms with E-state index in [9.17, 15) is 0 Å². The van der Waals surface area contributed by atoms with Crippen LogP contribution in [0.3, 0.4) is 0 Å². The smallest absolute Gasteiger partial charge is 0.123 e. The van der Waals surface area contributed by atoms with Crippen LogP contribution in [-0.2, 0) is 0 Å². The second-order valence-electron chi connectivity index (χ2n) is 5.46. The lowest BCUT2D eigenvalue weighted by atomic mass is 10.1. The molecule has 0 aliphatic rings. The molecule has 0 heterocycles. The highest BCUT2D eigenvalue weighted by Crippen LogP contribution is 2.29. The van der Waals surface area contributed by atoms with Gasteiger partial charge in [-0.2, -0.15) is 0 Å². The van der Waals surface area contributed by atoms with Crippen LogP contribution in [0.15, 0.2) is 30.3 Å². The first-order chi connectivity index (χ1) is 8.95. The fourth-order valence-electron chi connectivity index (χ4n) is 2.10. The molecular formula is C17H22O2. The van der Waals surface area contributed by atoms with Gasteiger partial charge >= 0.3 is 0 Å². The van der Waals surface area contributed by atoms with E-state index in [1.54, 1.807) is 0 Å². The average molecular weight is 258 g/mol. The summed E-state index contributed by atoms with van der Waals surface area (Å²) in [6.07, 6.45) is 0.375. The minimum Gasteiger partial charge on any atom is -0.491 e. The third-order valence-electron chi connectivity index (χ3n) is 2.84. The Kier molecular flexibility index (Phi) is 3.98. The maximum absolute atomic E-state index is 5.83.